The summed E-state index contributed by atoms with van der Waals surface area (Å²) >= 11 is 0. The van der Waals surface area contributed by atoms with Gasteiger partial charge in [-0.05, 0) is 12.1 Å². The summed E-state index contributed by atoms with van der Waals surface area (Å²) in [6, 6.07) is 3.58. The van der Waals surface area contributed by atoms with Crippen molar-refractivity contribution >= 4 is 5.69 Å². The van der Waals surface area contributed by atoms with Gasteiger partial charge < -0.3 is 15.1 Å². The zero-order valence-electron chi connectivity index (χ0n) is 9.41. The van der Waals surface area contributed by atoms with E-state index < -0.39 is 31.8 Å². The number of nitrogens with zero attached hydrogens (tertiary/aromatic N) is 1. The second-order valence-corrected chi connectivity index (χ2v) is 3.66. The fraction of sp³-hybridized carbons (Fsp3) is 0.455. The molecule has 0 amide bonds. The maximum absolute atomic E-state index is 13.4. The van der Waals surface area contributed by atoms with Crippen LogP contribution in [-0.2, 0) is 6.61 Å². The van der Waals surface area contributed by atoms with E-state index in [9.17, 15) is 17.6 Å². The average molecular weight is 267 g/mol. The van der Waals surface area contributed by atoms with E-state index in [1.165, 1.54) is 12.1 Å². The Morgan fingerprint density at radius 2 is 1.83 bits per heavy atom. The molecule has 0 saturated heterocycles. The molecular weight excluding hydrogens is 254 g/mol. The molecular formula is C11H13F4NO2. The predicted octanol–water partition coefficient (Wildman–Crippen LogP) is 1.68. The third-order valence-corrected chi connectivity index (χ3v) is 2.33. The summed E-state index contributed by atoms with van der Waals surface area (Å²) in [6.07, 6.45) is -4.48. The lowest BCUT2D eigenvalue weighted by Gasteiger charge is -2.27. The van der Waals surface area contributed by atoms with Gasteiger partial charge in [0.1, 0.15) is 12.4 Å². The number of aliphatic hydroxyl groups excluding tert-OH is 2. The summed E-state index contributed by atoms with van der Waals surface area (Å²) in [5.74, 6) is -0.778. The van der Waals surface area contributed by atoms with Crippen LogP contribution >= 0.6 is 0 Å². The molecule has 0 aliphatic carbocycles. The minimum atomic E-state index is -4.48. The molecule has 0 bridgehead atoms. The van der Waals surface area contributed by atoms with E-state index in [0.29, 0.717) is 0 Å². The SMILES string of the molecule is OCCN(CC(F)(F)F)c1cccc(F)c1CO. The van der Waals surface area contributed by atoms with Crippen molar-refractivity contribution in [3.63, 3.8) is 0 Å². The summed E-state index contributed by atoms with van der Waals surface area (Å²) in [5.41, 5.74) is -0.279. The summed E-state index contributed by atoms with van der Waals surface area (Å²) in [7, 11) is 0. The number of rotatable bonds is 5. The van der Waals surface area contributed by atoms with E-state index in [0.717, 1.165) is 11.0 Å². The first kappa shape index (κ1) is 14.7. The van der Waals surface area contributed by atoms with Gasteiger partial charge in [0.05, 0.1) is 13.2 Å². The molecule has 0 aliphatic rings. The van der Waals surface area contributed by atoms with E-state index in [1.807, 2.05) is 0 Å². The Bertz CT molecular complexity index is 395. The smallest absolute Gasteiger partial charge is 0.395 e. The second-order valence-electron chi connectivity index (χ2n) is 3.66. The van der Waals surface area contributed by atoms with Crippen molar-refractivity contribution in [2.24, 2.45) is 0 Å². The Labute approximate surface area is 101 Å². The molecule has 0 saturated carbocycles. The maximum atomic E-state index is 13.4. The molecule has 0 aromatic heterocycles. The highest BCUT2D eigenvalue weighted by Gasteiger charge is 2.31. The van der Waals surface area contributed by atoms with Gasteiger partial charge in [0.15, 0.2) is 0 Å². The van der Waals surface area contributed by atoms with Crippen LogP contribution in [0.1, 0.15) is 5.56 Å². The number of aliphatic hydroxyl groups is 2. The molecule has 0 radical (unpaired) electrons. The molecule has 2 N–H and O–H groups in total. The van der Waals surface area contributed by atoms with Crippen LogP contribution in [0.3, 0.4) is 0 Å². The zero-order chi connectivity index (χ0) is 13.8. The fourth-order valence-electron chi connectivity index (χ4n) is 1.62. The molecule has 0 atom stereocenters. The Kier molecular flexibility index (Phi) is 4.92. The number of alkyl halides is 3. The van der Waals surface area contributed by atoms with Gasteiger partial charge in [-0.2, -0.15) is 13.2 Å². The quantitative estimate of drug-likeness (QED) is 0.798. The minimum Gasteiger partial charge on any atom is -0.395 e. The molecule has 102 valence electrons. The van der Waals surface area contributed by atoms with Crippen molar-refractivity contribution in [1.82, 2.24) is 0 Å². The third-order valence-electron chi connectivity index (χ3n) is 2.33. The van der Waals surface area contributed by atoms with Gasteiger partial charge in [0, 0.05) is 17.8 Å². The third kappa shape index (κ3) is 3.85. The molecule has 0 heterocycles. The van der Waals surface area contributed by atoms with Crippen LogP contribution in [0.2, 0.25) is 0 Å². The molecule has 0 unspecified atom stereocenters. The summed E-state index contributed by atoms with van der Waals surface area (Å²) in [6.45, 7) is -2.82. The van der Waals surface area contributed by atoms with E-state index in [4.69, 9.17) is 10.2 Å². The van der Waals surface area contributed by atoms with Crippen molar-refractivity contribution < 1.29 is 27.8 Å². The van der Waals surface area contributed by atoms with Gasteiger partial charge in [0.25, 0.3) is 0 Å². The number of hydrogen-bond acceptors (Lipinski definition) is 3. The van der Waals surface area contributed by atoms with Gasteiger partial charge in [-0.1, -0.05) is 6.07 Å². The second kappa shape index (κ2) is 6.01. The van der Waals surface area contributed by atoms with E-state index in [2.05, 4.69) is 0 Å². The molecule has 3 nitrogen and oxygen atoms in total. The lowest BCUT2D eigenvalue weighted by molar-refractivity contribution is -0.119. The topological polar surface area (TPSA) is 43.7 Å². The summed E-state index contributed by atoms with van der Waals surface area (Å²) in [4.78, 5) is 0.786. The van der Waals surface area contributed by atoms with Crippen LogP contribution in [0.5, 0.6) is 0 Å². The van der Waals surface area contributed by atoms with Crippen molar-refractivity contribution in [1.29, 1.82) is 0 Å². The highest BCUT2D eigenvalue weighted by Crippen LogP contribution is 2.26. The van der Waals surface area contributed by atoms with E-state index in [1.54, 1.807) is 0 Å². The van der Waals surface area contributed by atoms with Gasteiger partial charge in [-0.25, -0.2) is 4.39 Å². The molecule has 0 aliphatic heterocycles. The standard InChI is InChI=1S/C11H13F4NO2/c12-9-2-1-3-10(8(9)6-18)16(4-5-17)7-11(13,14)15/h1-3,17-18H,4-7H2. The first-order valence-corrected chi connectivity index (χ1v) is 5.20. The van der Waals surface area contributed by atoms with Crippen LogP contribution in [0.25, 0.3) is 0 Å². The van der Waals surface area contributed by atoms with Crippen molar-refractivity contribution in [2.75, 3.05) is 24.6 Å². The van der Waals surface area contributed by atoms with Gasteiger partial charge in [-0.15, -0.1) is 0 Å². The van der Waals surface area contributed by atoms with Gasteiger partial charge in [0.2, 0.25) is 0 Å². The Morgan fingerprint density at radius 3 is 2.33 bits per heavy atom. The highest BCUT2D eigenvalue weighted by molar-refractivity contribution is 5.54. The fourth-order valence-corrected chi connectivity index (χ4v) is 1.62. The molecule has 7 heteroatoms. The Balaban J connectivity index is 3.09. The molecule has 0 fully saturated rings. The number of anilines is 1. The van der Waals surface area contributed by atoms with Crippen molar-refractivity contribution in [3.8, 4) is 0 Å². The monoisotopic (exact) mass is 267 g/mol. The van der Waals surface area contributed by atoms with E-state index in [-0.39, 0.29) is 17.8 Å². The number of halogens is 4. The van der Waals surface area contributed by atoms with Crippen molar-refractivity contribution in [2.45, 2.75) is 12.8 Å². The van der Waals surface area contributed by atoms with Crippen LogP contribution in [-0.4, -0.2) is 36.1 Å². The normalized spacial score (nSPS) is 11.7. The molecule has 1 rings (SSSR count). The van der Waals surface area contributed by atoms with Crippen molar-refractivity contribution in [3.05, 3.63) is 29.6 Å². The summed E-state index contributed by atoms with van der Waals surface area (Å²) < 4.78 is 50.5. The first-order chi connectivity index (χ1) is 8.39. The lowest BCUT2D eigenvalue weighted by Crippen LogP contribution is -2.37. The number of hydrogen-bond donors (Lipinski definition) is 2. The van der Waals surface area contributed by atoms with Gasteiger partial charge in [-0.3, -0.25) is 0 Å². The largest absolute Gasteiger partial charge is 0.405 e. The molecule has 18 heavy (non-hydrogen) atoms. The zero-order valence-corrected chi connectivity index (χ0v) is 9.41. The Morgan fingerprint density at radius 1 is 1.17 bits per heavy atom. The molecule has 1 aromatic carbocycles. The molecule has 1 aromatic rings. The Hall–Kier alpha value is -1.34. The van der Waals surface area contributed by atoms with Crippen LogP contribution in [0.4, 0.5) is 23.2 Å². The average Bonchev–Trinajstić information content (AvgIpc) is 2.26. The first-order valence-electron chi connectivity index (χ1n) is 5.20. The molecule has 0 spiro atoms. The summed E-state index contributed by atoms with van der Waals surface area (Å²) in [5, 5.41) is 17.8. The van der Waals surface area contributed by atoms with Crippen LogP contribution in [0.15, 0.2) is 18.2 Å². The van der Waals surface area contributed by atoms with E-state index >= 15 is 0 Å². The highest BCUT2D eigenvalue weighted by atomic mass is 19.4. The maximum Gasteiger partial charge on any atom is 0.405 e. The van der Waals surface area contributed by atoms with Crippen LogP contribution in [0, 0.1) is 5.82 Å². The van der Waals surface area contributed by atoms with Gasteiger partial charge >= 0.3 is 6.18 Å². The minimum absolute atomic E-state index is 0.0659. The van der Waals surface area contributed by atoms with Crippen LogP contribution < -0.4 is 4.90 Å². The predicted molar refractivity (Wildman–Crippen MR) is 57.7 cm³/mol. The number of benzene rings is 1. The lowest BCUT2D eigenvalue weighted by atomic mass is 10.1.